The number of benzene rings is 1. The highest BCUT2D eigenvalue weighted by Crippen LogP contribution is 2.31. The van der Waals surface area contributed by atoms with Gasteiger partial charge >= 0.3 is 0 Å². The summed E-state index contributed by atoms with van der Waals surface area (Å²) in [5, 5.41) is 21.0. The number of carbonyl (C=O) groups excluding carboxylic acids is 1. The summed E-state index contributed by atoms with van der Waals surface area (Å²) in [5.41, 5.74) is -1.01. The molecular formula is C13H16N2O4. The summed E-state index contributed by atoms with van der Waals surface area (Å²) in [6.07, 6.45) is 0. The van der Waals surface area contributed by atoms with E-state index < -0.39 is 16.4 Å². The van der Waals surface area contributed by atoms with Crippen LogP contribution in [0.3, 0.4) is 0 Å². The Morgan fingerprint density at radius 3 is 2.53 bits per heavy atom. The van der Waals surface area contributed by atoms with Crippen LogP contribution in [-0.4, -0.2) is 39.5 Å². The van der Waals surface area contributed by atoms with Crippen molar-refractivity contribution in [2.45, 2.75) is 19.4 Å². The predicted octanol–water partition coefficient (Wildman–Crippen LogP) is 1.44. The summed E-state index contributed by atoms with van der Waals surface area (Å²) >= 11 is 0. The van der Waals surface area contributed by atoms with Crippen molar-refractivity contribution in [2.75, 3.05) is 13.1 Å². The summed E-state index contributed by atoms with van der Waals surface area (Å²) in [5.74, 6) is -0.361. The van der Waals surface area contributed by atoms with Gasteiger partial charge in [-0.2, -0.15) is 0 Å². The molecule has 1 aliphatic heterocycles. The average molecular weight is 264 g/mol. The monoisotopic (exact) mass is 264 g/mol. The second-order valence-corrected chi connectivity index (χ2v) is 5.19. The lowest BCUT2D eigenvalue weighted by molar-refractivity contribution is -0.385. The predicted molar refractivity (Wildman–Crippen MR) is 68.8 cm³/mol. The number of nitro groups is 1. The Hall–Kier alpha value is -1.95. The fraction of sp³-hybridized carbons (Fsp3) is 0.462. The van der Waals surface area contributed by atoms with Gasteiger partial charge in [0.1, 0.15) is 11.2 Å². The highest BCUT2D eigenvalue weighted by Gasteiger charge is 2.46. The van der Waals surface area contributed by atoms with E-state index in [2.05, 4.69) is 0 Å². The third kappa shape index (κ3) is 2.31. The molecule has 1 heterocycles. The molecule has 0 bridgehead atoms. The van der Waals surface area contributed by atoms with Crippen molar-refractivity contribution in [1.82, 2.24) is 4.90 Å². The molecule has 0 saturated carbocycles. The number of nitro benzene ring substituents is 1. The van der Waals surface area contributed by atoms with E-state index in [4.69, 9.17) is 0 Å². The normalized spacial score (nSPS) is 17.2. The number of β-amino-alcohol motifs (C(OH)–C–C–N with tert-alkyl or cyclic N) is 1. The minimum Gasteiger partial charge on any atom is -0.386 e. The Labute approximate surface area is 110 Å². The fourth-order valence-corrected chi connectivity index (χ4v) is 2.11. The first-order valence-corrected chi connectivity index (χ1v) is 6.10. The summed E-state index contributed by atoms with van der Waals surface area (Å²) < 4.78 is 0. The standard InChI is InChI=1S/C13H16N2O4/c1-9(2)13(17)7-14(8-13)12(16)10-5-3-4-6-11(10)15(18)19/h3-6,9,17H,7-8H2,1-2H3. The van der Waals surface area contributed by atoms with Crippen LogP contribution in [0.2, 0.25) is 0 Å². The van der Waals surface area contributed by atoms with Gasteiger partial charge in [0.2, 0.25) is 0 Å². The molecule has 102 valence electrons. The molecule has 0 spiro atoms. The van der Waals surface area contributed by atoms with Crippen LogP contribution in [0, 0.1) is 16.0 Å². The lowest BCUT2D eigenvalue weighted by Crippen LogP contribution is -2.66. The molecular weight excluding hydrogens is 248 g/mol. The zero-order chi connectivity index (χ0) is 14.2. The van der Waals surface area contributed by atoms with Gasteiger partial charge in [0.25, 0.3) is 11.6 Å². The number of nitrogens with zero attached hydrogens (tertiary/aromatic N) is 2. The lowest BCUT2D eigenvalue weighted by atomic mass is 9.82. The second kappa shape index (κ2) is 4.62. The molecule has 2 rings (SSSR count). The summed E-state index contributed by atoms with van der Waals surface area (Å²) in [6, 6.07) is 5.86. The van der Waals surface area contributed by atoms with Gasteiger partial charge in [0.05, 0.1) is 18.0 Å². The van der Waals surface area contributed by atoms with Crippen molar-refractivity contribution < 1.29 is 14.8 Å². The second-order valence-electron chi connectivity index (χ2n) is 5.19. The van der Waals surface area contributed by atoms with E-state index in [9.17, 15) is 20.0 Å². The van der Waals surface area contributed by atoms with E-state index in [-0.39, 0.29) is 30.3 Å². The minimum absolute atomic E-state index is 0.0438. The van der Waals surface area contributed by atoms with Gasteiger partial charge in [0.15, 0.2) is 0 Å². The molecule has 6 heteroatoms. The maximum atomic E-state index is 12.2. The number of hydrogen-bond acceptors (Lipinski definition) is 4. The number of rotatable bonds is 3. The topological polar surface area (TPSA) is 83.7 Å². The van der Waals surface area contributed by atoms with Gasteiger partial charge in [-0.25, -0.2) is 0 Å². The number of para-hydroxylation sites is 1. The molecule has 1 aliphatic rings. The van der Waals surface area contributed by atoms with Crippen molar-refractivity contribution in [3.63, 3.8) is 0 Å². The fourth-order valence-electron chi connectivity index (χ4n) is 2.11. The Morgan fingerprint density at radius 1 is 1.42 bits per heavy atom. The number of carbonyl (C=O) groups is 1. The minimum atomic E-state index is -0.876. The molecule has 1 amide bonds. The summed E-state index contributed by atoms with van der Waals surface area (Å²) in [4.78, 5) is 23.9. The molecule has 0 atom stereocenters. The Bertz CT molecular complexity index is 521. The summed E-state index contributed by atoms with van der Waals surface area (Å²) in [6.45, 7) is 4.20. The molecule has 1 saturated heterocycles. The number of hydrogen-bond donors (Lipinski definition) is 1. The smallest absolute Gasteiger partial charge is 0.282 e. The van der Waals surface area contributed by atoms with Crippen LogP contribution < -0.4 is 0 Å². The van der Waals surface area contributed by atoms with Gasteiger partial charge in [-0.05, 0) is 12.0 Å². The van der Waals surface area contributed by atoms with Crippen LogP contribution in [-0.2, 0) is 0 Å². The van der Waals surface area contributed by atoms with Crippen molar-refractivity contribution in [3.05, 3.63) is 39.9 Å². The van der Waals surface area contributed by atoms with Crippen LogP contribution in [0.1, 0.15) is 24.2 Å². The Morgan fingerprint density at radius 2 is 2.00 bits per heavy atom. The third-order valence-electron chi connectivity index (χ3n) is 3.62. The van der Waals surface area contributed by atoms with E-state index in [1.165, 1.54) is 23.1 Å². The molecule has 1 aromatic rings. The molecule has 0 radical (unpaired) electrons. The first kappa shape index (κ1) is 13.5. The average Bonchev–Trinajstić information content (AvgIpc) is 2.33. The van der Waals surface area contributed by atoms with E-state index in [1.807, 2.05) is 13.8 Å². The molecule has 1 N–H and O–H groups in total. The summed E-state index contributed by atoms with van der Waals surface area (Å²) in [7, 11) is 0. The third-order valence-corrected chi connectivity index (χ3v) is 3.62. The first-order chi connectivity index (χ1) is 8.85. The SMILES string of the molecule is CC(C)C1(O)CN(C(=O)c2ccccc2[N+](=O)[O-])C1. The quantitative estimate of drug-likeness (QED) is 0.661. The van der Waals surface area contributed by atoms with E-state index in [0.717, 1.165) is 0 Å². The number of aliphatic hydroxyl groups is 1. The van der Waals surface area contributed by atoms with Crippen molar-refractivity contribution >= 4 is 11.6 Å². The van der Waals surface area contributed by atoms with Crippen LogP contribution in [0.25, 0.3) is 0 Å². The van der Waals surface area contributed by atoms with Gasteiger partial charge in [-0.15, -0.1) is 0 Å². The first-order valence-electron chi connectivity index (χ1n) is 6.10. The Kier molecular flexibility index (Phi) is 3.28. The highest BCUT2D eigenvalue weighted by atomic mass is 16.6. The highest BCUT2D eigenvalue weighted by molar-refractivity contribution is 5.98. The van der Waals surface area contributed by atoms with Crippen molar-refractivity contribution in [1.29, 1.82) is 0 Å². The molecule has 6 nitrogen and oxygen atoms in total. The molecule has 0 unspecified atom stereocenters. The van der Waals surface area contributed by atoms with Gasteiger partial charge < -0.3 is 10.0 Å². The van der Waals surface area contributed by atoms with Crippen LogP contribution >= 0.6 is 0 Å². The van der Waals surface area contributed by atoms with E-state index in [0.29, 0.717) is 0 Å². The van der Waals surface area contributed by atoms with Crippen molar-refractivity contribution in [3.8, 4) is 0 Å². The van der Waals surface area contributed by atoms with Crippen LogP contribution in [0.15, 0.2) is 24.3 Å². The molecule has 1 aromatic carbocycles. The number of likely N-dealkylation sites (tertiary alicyclic amines) is 1. The van der Waals surface area contributed by atoms with Gasteiger partial charge in [-0.3, -0.25) is 14.9 Å². The van der Waals surface area contributed by atoms with E-state index >= 15 is 0 Å². The molecule has 1 fully saturated rings. The molecule has 0 aromatic heterocycles. The van der Waals surface area contributed by atoms with Crippen LogP contribution in [0.5, 0.6) is 0 Å². The van der Waals surface area contributed by atoms with Gasteiger partial charge in [-0.1, -0.05) is 26.0 Å². The zero-order valence-corrected chi connectivity index (χ0v) is 10.9. The maximum Gasteiger partial charge on any atom is 0.282 e. The maximum absolute atomic E-state index is 12.2. The number of amides is 1. The zero-order valence-electron chi connectivity index (χ0n) is 10.9. The Balaban J connectivity index is 2.17. The van der Waals surface area contributed by atoms with E-state index in [1.54, 1.807) is 6.07 Å². The van der Waals surface area contributed by atoms with Crippen molar-refractivity contribution in [2.24, 2.45) is 5.92 Å². The lowest BCUT2D eigenvalue weighted by Gasteiger charge is -2.48. The largest absolute Gasteiger partial charge is 0.386 e. The van der Waals surface area contributed by atoms with Gasteiger partial charge in [0, 0.05) is 6.07 Å². The molecule has 0 aliphatic carbocycles. The molecule has 19 heavy (non-hydrogen) atoms. The van der Waals surface area contributed by atoms with Crippen LogP contribution in [0.4, 0.5) is 5.69 Å².